The second-order valence-corrected chi connectivity index (χ2v) is 17.4. The molecule has 1 fully saturated rings. The van der Waals surface area contributed by atoms with E-state index in [1.807, 2.05) is 101 Å². The van der Waals surface area contributed by atoms with Gasteiger partial charge in [0.1, 0.15) is 0 Å². The molecule has 10 aromatic carbocycles. The molecule has 10 aromatic rings. The fourth-order valence-electron chi connectivity index (χ4n) is 8.96. The first-order valence-corrected chi connectivity index (χ1v) is 24.0. The average molecular weight is 920 g/mol. The largest absolute Gasteiger partial charge is 0.496 e. The summed E-state index contributed by atoms with van der Waals surface area (Å²) in [6, 6.07) is 96.8. The predicted octanol–water partition coefficient (Wildman–Crippen LogP) is 17.6. The number of nitrogens with zero attached hydrogens (tertiary/aromatic N) is 8. The predicted molar refractivity (Wildman–Crippen MR) is 293 cm³/mol. The normalized spacial score (nSPS) is 12.6. The summed E-state index contributed by atoms with van der Waals surface area (Å²) >= 11 is 0. The van der Waals surface area contributed by atoms with Crippen LogP contribution in [0.1, 0.15) is 11.5 Å². The van der Waals surface area contributed by atoms with Gasteiger partial charge in [0.15, 0.2) is 0 Å². The molecule has 0 aliphatic carbocycles. The molecule has 1 heterocycles. The third kappa shape index (κ3) is 10.2. The summed E-state index contributed by atoms with van der Waals surface area (Å²) in [5.74, 6) is 0.400. The Bertz CT molecular complexity index is 3170. The van der Waals surface area contributed by atoms with E-state index in [0.29, 0.717) is 5.92 Å². The van der Waals surface area contributed by atoms with Crippen LogP contribution < -0.4 is 19.8 Å². The van der Waals surface area contributed by atoms with Crippen molar-refractivity contribution in [3.63, 3.8) is 0 Å². The molecule has 1 saturated heterocycles. The van der Waals surface area contributed by atoms with Gasteiger partial charge in [-0.15, -0.1) is 5.11 Å². The number of para-hydroxylation sites is 6. The third-order valence-corrected chi connectivity index (χ3v) is 12.7. The van der Waals surface area contributed by atoms with Gasteiger partial charge in [0.2, 0.25) is 0 Å². The zero-order chi connectivity index (χ0) is 47.6. The Morgan fingerprint density at radius 1 is 0.324 bits per heavy atom. The van der Waals surface area contributed by atoms with Gasteiger partial charge >= 0.3 is 0 Å². The van der Waals surface area contributed by atoms with Gasteiger partial charge in [-0.25, -0.2) is 5.01 Å². The van der Waals surface area contributed by atoms with Crippen LogP contribution in [0.15, 0.2) is 289 Å². The van der Waals surface area contributed by atoms with E-state index < -0.39 is 0 Å². The average Bonchev–Trinajstić information content (AvgIpc) is 3.44. The minimum absolute atomic E-state index is 0.400. The van der Waals surface area contributed by atoms with Crippen LogP contribution in [0.2, 0.25) is 0 Å². The summed E-state index contributed by atoms with van der Waals surface area (Å²) in [7, 11) is 0. The van der Waals surface area contributed by atoms with E-state index in [2.05, 4.69) is 213 Å². The lowest BCUT2D eigenvalue weighted by atomic mass is 9.93. The Balaban J connectivity index is 0.790. The Morgan fingerprint density at radius 3 is 1.01 bits per heavy atom. The molecule has 71 heavy (non-hydrogen) atoms. The summed E-state index contributed by atoms with van der Waals surface area (Å²) in [5, 5.41) is 15.4. The minimum Gasteiger partial charge on any atom is -0.496 e. The maximum atomic E-state index is 5.06. The van der Waals surface area contributed by atoms with E-state index in [-0.39, 0.29) is 0 Å². The first-order valence-electron chi connectivity index (χ1n) is 24.0. The van der Waals surface area contributed by atoms with E-state index in [0.717, 1.165) is 86.8 Å². The van der Waals surface area contributed by atoms with Gasteiger partial charge < -0.3 is 25.4 Å². The van der Waals surface area contributed by atoms with E-state index in [1.165, 1.54) is 5.56 Å². The highest BCUT2D eigenvalue weighted by molar-refractivity contribution is 5.81. The summed E-state index contributed by atoms with van der Waals surface area (Å²) in [6.45, 7) is 1.71. The molecule has 0 radical (unpaired) electrons. The van der Waals surface area contributed by atoms with Gasteiger partial charge in [0.25, 0.3) is 0 Å². The highest BCUT2D eigenvalue weighted by Gasteiger charge is 2.24. The molecule has 0 spiro atoms. The van der Waals surface area contributed by atoms with Crippen molar-refractivity contribution in [2.24, 2.45) is 10.3 Å². The van der Waals surface area contributed by atoms with Crippen LogP contribution in [0.25, 0.3) is 16.7 Å². The SMILES string of the molecule is c1ccc(N(N=Nc2ccc(N(c3ccccc3)c3ccc(-c4ccc(N(c5ccccc5)c5ccc(C6CN([N-]N(c7ccccc7)c7ccccc7)C6)cc5)cc4)cc3)cc2)c2ccccc2)cc1. The zero-order valence-electron chi connectivity index (χ0n) is 39.1. The topological polar surface area (TPSA) is 55.0 Å². The molecule has 0 amide bonds. The summed E-state index contributed by atoms with van der Waals surface area (Å²) in [4.78, 5) is 4.59. The van der Waals surface area contributed by atoms with Crippen molar-refractivity contribution in [1.29, 1.82) is 0 Å². The van der Waals surface area contributed by atoms with Crippen LogP contribution in [-0.4, -0.2) is 18.1 Å². The quantitative estimate of drug-likeness (QED) is 0.0714. The van der Waals surface area contributed by atoms with E-state index in [9.17, 15) is 0 Å². The van der Waals surface area contributed by atoms with Gasteiger partial charge in [-0.2, -0.15) is 0 Å². The second-order valence-electron chi connectivity index (χ2n) is 17.4. The van der Waals surface area contributed by atoms with Gasteiger partial charge in [0.05, 0.1) is 17.1 Å². The molecule has 1 aliphatic rings. The van der Waals surface area contributed by atoms with Crippen molar-refractivity contribution in [2.45, 2.75) is 5.92 Å². The lowest BCUT2D eigenvalue weighted by molar-refractivity contribution is 0.197. The second kappa shape index (κ2) is 21.1. The van der Waals surface area contributed by atoms with E-state index >= 15 is 0 Å². The summed E-state index contributed by atoms with van der Waals surface area (Å²) in [5.41, 5.74) is 19.8. The standard InChI is InChI=1S/C63H51N8/c1-7-19-54(20-8-1)68(58-43-35-51(36-44-58)52-47-67(48-52)66-71(62-27-15-5-16-28-62)63-29-17-6-18-30-63)56-39-31-49(32-40-56)50-33-41-57(42-34-50)69(55-21-9-2-10-22-55)59-45-37-53(38-46-59)64-65-70(60-23-11-3-12-24-60)61-25-13-4-14-26-61/h1-46,52H,47-48H2/q-1. The Hall–Kier alpha value is -9.08. The highest BCUT2D eigenvalue weighted by Crippen LogP contribution is 2.41. The van der Waals surface area contributed by atoms with Crippen molar-refractivity contribution in [2.75, 3.05) is 32.9 Å². The molecule has 0 unspecified atom stereocenters. The van der Waals surface area contributed by atoms with Crippen LogP contribution in [0.3, 0.4) is 0 Å². The van der Waals surface area contributed by atoms with E-state index in [4.69, 9.17) is 5.53 Å². The maximum absolute atomic E-state index is 5.06. The number of anilines is 10. The first kappa shape index (κ1) is 44.4. The fourth-order valence-corrected chi connectivity index (χ4v) is 8.96. The van der Waals surface area contributed by atoms with Crippen molar-refractivity contribution in [3.05, 3.63) is 290 Å². The molecule has 344 valence electrons. The number of benzene rings is 10. The molecule has 0 bridgehead atoms. The lowest BCUT2D eigenvalue weighted by Crippen LogP contribution is -2.44. The monoisotopic (exact) mass is 919 g/mol. The zero-order valence-corrected chi connectivity index (χ0v) is 39.1. The minimum atomic E-state index is 0.400. The summed E-state index contributed by atoms with van der Waals surface area (Å²) in [6.07, 6.45) is 0. The maximum Gasteiger partial charge on any atom is 0.0876 e. The molecule has 0 saturated carbocycles. The van der Waals surface area contributed by atoms with Crippen molar-refractivity contribution in [3.8, 4) is 11.1 Å². The molecule has 0 N–H and O–H groups in total. The van der Waals surface area contributed by atoms with Gasteiger partial charge in [-0.1, -0.05) is 151 Å². The fraction of sp³-hybridized carbons (Fsp3) is 0.0476. The van der Waals surface area contributed by atoms with Gasteiger partial charge in [-0.05, 0) is 163 Å². The molecule has 1 aliphatic heterocycles. The Labute approximate surface area is 416 Å². The van der Waals surface area contributed by atoms with Crippen molar-refractivity contribution in [1.82, 2.24) is 5.01 Å². The number of hydrogen-bond donors (Lipinski definition) is 0. The molecular weight excluding hydrogens is 869 g/mol. The third-order valence-electron chi connectivity index (χ3n) is 12.7. The summed E-state index contributed by atoms with van der Waals surface area (Å²) < 4.78 is 0. The molecular formula is C63H51N8-. The Morgan fingerprint density at radius 2 is 0.634 bits per heavy atom. The van der Waals surface area contributed by atoms with Crippen LogP contribution in [-0.2, 0) is 0 Å². The first-order chi connectivity index (χ1) is 35.2. The van der Waals surface area contributed by atoms with E-state index in [1.54, 1.807) is 0 Å². The van der Waals surface area contributed by atoms with Crippen LogP contribution in [0.4, 0.5) is 62.6 Å². The molecule has 11 rings (SSSR count). The van der Waals surface area contributed by atoms with Crippen LogP contribution >= 0.6 is 0 Å². The Kier molecular flexibility index (Phi) is 13.2. The van der Waals surface area contributed by atoms with Crippen LogP contribution in [0, 0.1) is 0 Å². The van der Waals surface area contributed by atoms with Crippen molar-refractivity contribution >= 4 is 62.6 Å². The number of hydrogen-bond acceptors (Lipinski definition) is 6. The molecule has 8 heteroatoms. The lowest BCUT2D eigenvalue weighted by Gasteiger charge is -2.55. The number of rotatable bonds is 16. The highest BCUT2D eigenvalue weighted by atomic mass is 15.8. The smallest absolute Gasteiger partial charge is 0.0876 e. The molecule has 0 atom stereocenters. The molecule has 0 aromatic heterocycles. The van der Waals surface area contributed by atoms with Gasteiger partial charge in [-0.3, -0.25) is 0 Å². The van der Waals surface area contributed by atoms with Crippen molar-refractivity contribution < 1.29 is 0 Å². The van der Waals surface area contributed by atoms with Crippen LogP contribution in [0.5, 0.6) is 0 Å². The molecule has 8 nitrogen and oxygen atoms in total. The van der Waals surface area contributed by atoms with Gasteiger partial charge in [0, 0.05) is 51.4 Å².